The quantitative estimate of drug-likeness (QED) is 0.760. The Kier molecular flexibility index (Phi) is 3.70. The van der Waals surface area contributed by atoms with Gasteiger partial charge in [0.25, 0.3) is 0 Å². The lowest BCUT2D eigenvalue weighted by Gasteiger charge is -2.36. The van der Waals surface area contributed by atoms with Gasteiger partial charge in [-0.3, -0.25) is 0 Å². The fourth-order valence-electron chi connectivity index (χ4n) is 3.38. The molecule has 0 unspecified atom stereocenters. The van der Waals surface area contributed by atoms with Crippen LogP contribution in [0.2, 0.25) is 0 Å². The molecule has 3 aliphatic rings. The molecular weight excluding hydrogens is 321 g/mol. The first-order chi connectivity index (χ1) is 11.8. The maximum atomic E-state index is 11.7. The summed E-state index contributed by atoms with van der Waals surface area (Å²) in [6.45, 7) is 11.0. The number of fused-ring (bicyclic) bond motifs is 1. The normalized spacial score (nSPS) is 27.4. The smallest absolute Gasteiger partial charge is 0.399 e. The Hall–Kier alpha value is -1.87. The molecule has 0 aliphatic carbocycles. The van der Waals surface area contributed by atoms with Crippen LogP contribution in [0, 0.1) is 0 Å². The number of anilines is 1. The van der Waals surface area contributed by atoms with Crippen molar-refractivity contribution in [2.75, 3.05) is 31.1 Å². The lowest BCUT2D eigenvalue weighted by atomic mass is 9.81. The SMILES string of the molecule is CC1(C)OB(c2cnc(N3CCN4C(=O)NC[C@@H]4C3)nc2)OC1(C)C. The summed E-state index contributed by atoms with van der Waals surface area (Å²) in [7, 11) is -0.451. The predicted octanol–water partition coefficient (Wildman–Crippen LogP) is -0.0104. The molecule has 1 N–H and O–H groups in total. The molecule has 3 aliphatic heterocycles. The number of nitrogens with one attached hydrogen (secondary N) is 1. The number of carbonyl (C=O) groups excluding carboxylic acids is 1. The Morgan fingerprint density at radius 1 is 1.16 bits per heavy atom. The van der Waals surface area contributed by atoms with E-state index in [9.17, 15) is 4.79 Å². The number of amides is 2. The van der Waals surface area contributed by atoms with Gasteiger partial charge >= 0.3 is 13.1 Å². The number of urea groups is 1. The van der Waals surface area contributed by atoms with E-state index in [1.807, 2.05) is 32.6 Å². The summed E-state index contributed by atoms with van der Waals surface area (Å²) < 4.78 is 12.1. The molecule has 8 nitrogen and oxygen atoms in total. The maximum absolute atomic E-state index is 11.7. The number of hydrogen-bond donors (Lipinski definition) is 1. The minimum Gasteiger partial charge on any atom is -0.399 e. The van der Waals surface area contributed by atoms with E-state index in [1.165, 1.54) is 0 Å². The van der Waals surface area contributed by atoms with E-state index in [1.54, 1.807) is 12.4 Å². The third-order valence-electron chi connectivity index (χ3n) is 5.70. The average Bonchev–Trinajstić information content (AvgIpc) is 3.04. The van der Waals surface area contributed by atoms with Gasteiger partial charge in [0.2, 0.25) is 5.95 Å². The van der Waals surface area contributed by atoms with Crippen molar-refractivity contribution in [2.45, 2.75) is 44.9 Å². The summed E-state index contributed by atoms with van der Waals surface area (Å²) in [5, 5.41) is 2.88. The van der Waals surface area contributed by atoms with E-state index in [0.717, 1.165) is 18.6 Å². The van der Waals surface area contributed by atoms with E-state index in [4.69, 9.17) is 9.31 Å². The number of hydrogen-bond acceptors (Lipinski definition) is 6. The molecular formula is C16H24BN5O3. The van der Waals surface area contributed by atoms with E-state index in [2.05, 4.69) is 20.2 Å². The van der Waals surface area contributed by atoms with Crippen LogP contribution < -0.4 is 15.7 Å². The van der Waals surface area contributed by atoms with Crippen LogP contribution >= 0.6 is 0 Å². The van der Waals surface area contributed by atoms with Crippen LogP contribution in [-0.2, 0) is 9.31 Å². The molecule has 1 aromatic heterocycles. The zero-order valence-corrected chi connectivity index (χ0v) is 15.2. The van der Waals surface area contributed by atoms with Gasteiger partial charge in [0.05, 0.1) is 17.2 Å². The van der Waals surface area contributed by atoms with E-state index < -0.39 is 7.12 Å². The molecule has 1 atom stereocenters. The molecule has 2 amide bonds. The highest BCUT2D eigenvalue weighted by Gasteiger charge is 2.52. The second-order valence-electron chi connectivity index (χ2n) is 7.88. The van der Waals surface area contributed by atoms with Crippen LogP contribution in [0.1, 0.15) is 27.7 Å². The molecule has 1 aromatic rings. The molecule has 4 heterocycles. The molecule has 9 heteroatoms. The standard InChI is InChI=1S/C16H24BN5O3/c1-15(2)16(3,4)25-17(24-15)11-7-18-13(19-8-11)21-5-6-22-12(10-21)9-20-14(22)23/h7-8,12H,5-6,9-10H2,1-4H3,(H,20,23)/t12-/m1/s1. The first-order valence-corrected chi connectivity index (χ1v) is 8.74. The fourth-order valence-corrected chi connectivity index (χ4v) is 3.38. The van der Waals surface area contributed by atoms with Crippen molar-refractivity contribution in [2.24, 2.45) is 0 Å². The summed E-state index contributed by atoms with van der Waals surface area (Å²) in [5.74, 6) is 0.680. The summed E-state index contributed by atoms with van der Waals surface area (Å²) in [4.78, 5) is 24.7. The summed E-state index contributed by atoms with van der Waals surface area (Å²) in [5.41, 5.74) is 0.0577. The van der Waals surface area contributed by atoms with Crippen LogP contribution in [-0.4, -0.2) is 71.4 Å². The van der Waals surface area contributed by atoms with Crippen molar-refractivity contribution in [1.29, 1.82) is 0 Å². The van der Waals surface area contributed by atoms with Gasteiger partial charge in [-0.05, 0) is 27.7 Å². The van der Waals surface area contributed by atoms with Gasteiger partial charge in [-0.1, -0.05) is 0 Å². The largest absolute Gasteiger partial charge is 0.498 e. The second kappa shape index (κ2) is 5.57. The summed E-state index contributed by atoms with van der Waals surface area (Å²) in [6, 6.07) is 0.217. The molecule has 0 saturated carbocycles. The summed E-state index contributed by atoms with van der Waals surface area (Å²) in [6.07, 6.45) is 3.55. The van der Waals surface area contributed by atoms with Crippen molar-refractivity contribution in [3.05, 3.63) is 12.4 Å². The Bertz CT molecular complexity index is 665. The first-order valence-electron chi connectivity index (χ1n) is 8.74. The monoisotopic (exact) mass is 345 g/mol. The first kappa shape index (κ1) is 16.6. The van der Waals surface area contributed by atoms with Crippen LogP contribution in [0.15, 0.2) is 12.4 Å². The van der Waals surface area contributed by atoms with Gasteiger partial charge in [0, 0.05) is 44.0 Å². The van der Waals surface area contributed by atoms with Crippen molar-refractivity contribution >= 4 is 24.6 Å². The van der Waals surface area contributed by atoms with Crippen molar-refractivity contribution < 1.29 is 14.1 Å². The Morgan fingerprint density at radius 2 is 1.80 bits per heavy atom. The highest BCUT2D eigenvalue weighted by Crippen LogP contribution is 2.36. The Labute approximate surface area is 148 Å². The topological polar surface area (TPSA) is 79.8 Å². The highest BCUT2D eigenvalue weighted by molar-refractivity contribution is 6.61. The second-order valence-corrected chi connectivity index (χ2v) is 7.88. The Morgan fingerprint density at radius 3 is 2.44 bits per heavy atom. The van der Waals surface area contributed by atoms with Crippen LogP contribution in [0.5, 0.6) is 0 Å². The van der Waals surface area contributed by atoms with Gasteiger partial charge in [-0.2, -0.15) is 0 Å². The van der Waals surface area contributed by atoms with Crippen molar-refractivity contribution in [3.63, 3.8) is 0 Å². The van der Waals surface area contributed by atoms with Crippen LogP contribution in [0.4, 0.5) is 10.7 Å². The van der Waals surface area contributed by atoms with Gasteiger partial charge in [0.15, 0.2) is 0 Å². The molecule has 134 valence electrons. The van der Waals surface area contributed by atoms with Gasteiger partial charge in [-0.15, -0.1) is 0 Å². The number of aromatic nitrogens is 2. The minimum absolute atomic E-state index is 0.0293. The molecule has 0 spiro atoms. The molecule has 4 rings (SSSR count). The molecule has 3 fully saturated rings. The summed E-state index contributed by atoms with van der Waals surface area (Å²) >= 11 is 0. The molecule has 25 heavy (non-hydrogen) atoms. The Balaban J connectivity index is 1.46. The van der Waals surface area contributed by atoms with E-state index in [0.29, 0.717) is 19.0 Å². The third-order valence-corrected chi connectivity index (χ3v) is 5.70. The number of rotatable bonds is 2. The van der Waals surface area contributed by atoms with Crippen molar-refractivity contribution in [3.8, 4) is 0 Å². The lowest BCUT2D eigenvalue weighted by Crippen LogP contribution is -2.52. The van der Waals surface area contributed by atoms with Crippen molar-refractivity contribution in [1.82, 2.24) is 20.2 Å². The molecule has 0 bridgehead atoms. The van der Waals surface area contributed by atoms with Gasteiger partial charge in [-0.25, -0.2) is 14.8 Å². The number of piperazine rings is 1. The van der Waals surface area contributed by atoms with Crippen LogP contribution in [0.3, 0.4) is 0 Å². The van der Waals surface area contributed by atoms with E-state index >= 15 is 0 Å². The molecule has 3 saturated heterocycles. The third kappa shape index (κ3) is 2.75. The fraction of sp³-hybridized carbons (Fsp3) is 0.688. The minimum atomic E-state index is -0.451. The maximum Gasteiger partial charge on any atom is 0.498 e. The lowest BCUT2D eigenvalue weighted by molar-refractivity contribution is 0.00578. The highest BCUT2D eigenvalue weighted by atomic mass is 16.7. The van der Waals surface area contributed by atoms with Gasteiger partial charge < -0.3 is 24.4 Å². The average molecular weight is 345 g/mol. The number of nitrogens with zero attached hydrogens (tertiary/aromatic N) is 4. The van der Waals surface area contributed by atoms with Gasteiger partial charge in [0.1, 0.15) is 0 Å². The van der Waals surface area contributed by atoms with E-state index in [-0.39, 0.29) is 23.3 Å². The molecule has 0 radical (unpaired) electrons. The predicted molar refractivity (Wildman–Crippen MR) is 93.9 cm³/mol. The zero-order chi connectivity index (χ0) is 17.8. The molecule has 0 aromatic carbocycles. The number of carbonyl (C=O) groups is 1. The van der Waals surface area contributed by atoms with Crippen LogP contribution in [0.25, 0.3) is 0 Å². The zero-order valence-electron chi connectivity index (χ0n) is 15.2.